The van der Waals surface area contributed by atoms with Crippen molar-refractivity contribution < 1.29 is 9.59 Å². The number of rotatable bonds is 1. The maximum atomic E-state index is 11.6. The van der Waals surface area contributed by atoms with Gasteiger partial charge < -0.3 is 5.32 Å². The molecule has 4 nitrogen and oxygen atoms in total. The summed E-state index contributed by atoms with van der Waals surface area (Å²) in [5, 5.41) is 2.51. The van der Waals surface area contributed by atoms with Crippen LogP contribution in [0.1, 0.15) is 5.56 Å². The molecule has 0 radical (unpaired) electrons. The maximum absolute atomic E-state index is 11.6. The lowest BCUT2D eigenvalue weighted by Crippen LogP contribution is -2.25. The Hall–Kier alpha value is -1.62. The minimum Gasteiger partial charge on any atom is -0.303 e. The second kappa shape index (κ2) is 4.09. The number of hydrogen-bond donors (Lipinski definition) is 1. The Morgan fingerprint density at radius 3 is 2.56 bits per heavy atom. The number of hydrogen-bond acceptors (Lipinski definition) is 2. The van der Waals surface area contributed by atoms with E-state index in [0.29, 0.717) is 5.70 Å². The zero-order valence-electron chi connectivity index (χ0n) is 8.53. The zero-order chi connectivity index (χ0) is 11.7. The molecule has 1 aliphatic rings. The van der Waals surface area contributed by atoms with Crippen LogP contribution >= 0.6 is 15.9 Å². The molecule has 1 fully saturated rings. The summed E-state index contributed by atoms with van der Waals surface area (Å²) in [5.41, 5.74) is 1.14. The number of imide groups is 1. The summed E-state index contributed by atoms with van der Waals surface area (Å²) in [5.74, 6) is -0.319. The first kappa shape index (κ1) is 10.9. The molecule has 16 heavy (non-hydrogen) atoms. The van der Waals surface area contributed by atoms with Gasteiger partial charge in [-0.25, -0.2) is 4.79 Å². The minimum absolute atomic E-state index is 0.291. The third-order valence-electron chi connectivity index (χ3n) is 2.29. The number of benzene rings is 1. The molecule has 2 rings (SSSR count). The molecule has 5 heteroatoms. The van der Waals surface area contributed by atoms with Crippen LogP contribution in [0.3, 0.4) is 0 Å². The number of nitrogens with one attached hydrogen (secondary N) is 1. The van der Waals surface area contributed by atoms with E-state index in [1.807, 2.05) is 24.3 Å². The second-order valence-electron chi connectivity index (χ2n) is 3.37. The molecular weight excluding hydrogens is 272 g/mol. The van der Waals surface area contributed by atoms with Gasteiger partial charge in [0.05, 0.1) is 0 Å². The normalized spacial score (nSPS) is 18.1. The summed E-state index contributed by atoms with van der Waals surface area (Å²) in [6, 6.07) is 7.07. The van der Waals surface area contributed by atoms with Crippen molar-refractivity contribution in [1.29, 1.82) is 0 Å². The van der Waals surface area contributed by atoms with Gasteiger partial charge in [0.25, 0.3) is 5.91 Å². The van der Waals surface area contributed by atoms with Crippen LogP contribution < -0.4 is 5.32 Å². The van der Waals surface area contributed by atoms with E-state index < -0.39 is 6.03 Å². The molecule has 1 aromatic rings. The van der Waals surface area contributed by atoms with Crippen LogP contribution in [0.2, 0.25) is 0 Å². The van der Waals surface area contributed by atoms with Crippen molar-refractivity contribution in [2.24, 2.45) is 0 Å². The monoisotopic (exact) mass is 280 g/mol. The SMILES string of the molecule is CN1C(=O)NC(=Cc2ccccc2Br)C1=O. The summed E-state index contributed by atoms with van der Waals surface area (Å²) in [4.78, 5) is 23.8. The van der Waals surface area contributed by atoms with Crippen molar-refractivity contribution in [3.8, 4) is 0 Å². The van der Waals surface area contributed by atoms with Crippen molar-refractivity contribution in [3.63, 3.8) is 0 Å². The fourth-order valence-corrected chi connectivity index (χ4v) is 1.77. The van der Waals surface area contributed by atoms with Gasteiger partial charge in [0.1, 0.15) is 5.70 Å². The first-order chi connectivity index (χ1) is 7.59. The standard InChI is InChI=1S/C11H9BrN2O2/c1-14-10(15)9(13-11(14)16)6-7-4-2-3-5-8(7)12/h2-6H,1H3,(H,13,16). The molecule has 0 bridgehead atoms. The molecule has 1 aliphatic heterocycles. The summed E-state index contributed by atoms with van der Waals surface area (Å²) in [7, 11) is 1.44. The van der Waals surface area contributed by atoms with E-state index in [4.69, 9.17) is 0 Å². The van der Waals surface area contributed by atoms with Gasteiger partial charge in [-0.15, -0.1) is 0 Å². The largest absolute Gasteiger partial charge is 0.328 e. The van der Waals surface area contributed by atoms with Gasteiger partial charge in [-0.3, -0.25) is 9.69 Å². The average molecular weight is 281 g/mol. The van der Waals surface area contributed by atoms with Crippen LogP contribution in [0.25, 0.3) is 6.08 Å². The van der Waals surface area contributed by atoms with E-state index in [9.17, 15) is 9.59 Å². The molecule has 1 saturated heterocycles. The van der Waals surface area contributed by atoms with Gasteiger partial charge in [-0.05, 0) is 17.7 Å². The first-order valence-electron chi connectivity index (χ1n) is 4.65. The Bertz CT molecular complexity index is 497. The predicted molar refractivity (Wildman–Crippen MR) is 63.4 cm³/mol. The van der Waals surface area contributed by atoms with Crippen molar-refractivity contribution in [3.05, 3.63) is 40.0 Å². The molecular formula is C11H9BrN2O2. The Morgan fingerprint density at radius 2 is 2.00 bits per heavy atom. The predicted octanol–water partition coefficient (Wildman–Crippen LogP) is 1.97. The maximum Gasteiger partial charge on any atom is 0.328 e. The summed E-state index contributed by atoms with van der Waals surface area (Å²) in [6.45, 7) is 0. The number of urea groups is 1. The highest BCUT2D eigenvalue weighted by Gasteiger charge is 2.29. The Kier molecular flexibility index (Phi) is 2.78. The lowest BCUT2D eigenvalue weighted by atomic mass is 10.2. The van der Waals surface area contributed by atoms with E-state index in [1.54, 1.807) is 6.08 Å². The van der Waals surface area contributed by atoms with E-state index in [0.717, 1.165) is 14.9 Å². The minimum atomic E-state index is -0.400. The number of halogens is 1. The van der Waals surface area contributed by atoms with Gasteiger partial charge in [0.15, 0.2) is 0 Å². The van der Waals surface area contributed by atoms with E-state index in [1.165, 1.54) is 7.05 Å². The van der Waals surface area contributed by atoms with Gasteiger partial charge in [0, 0.05) is 11.5 Å². The van der Waals surface area contributed by atoms with Crippen molar-refractivity contribution in [2.75, 3.05) is 7.05 Å². The Morgan fingerprint density at radius 1 is 1.31 bits per heavy atom. The fourth-order valence-electron chi connectivity index (χ4n) is 1.37. The second-order valence-corrected chi connectivity index (χ2v) is 4.23. The number of carbonyl (C=O) groups excluding carboxylic acids is 2. The van der Waals surface area contributed by atoms with Crippen LogP contribution in [0.15, 0.2) is 34.4 Å². The lowest BCUT2D eigenvalue weighted by Gasteiger charge is -2.00. The molecule has 0 saturated carbocycles. The highest BCUT2D eigenvalue weighted by molar-refractivity contribution is 9.10. The van der Waals surface area contributed by atoms with E-state index >= 15 is 0 Å². The third-order valence-corrected chi connectivity index (χ3v) is 3.01. The van der Waals surface area contributed by atoms with E-state index in [2.05, 4.69) is 21.2 Å². The zero-order valence-corrected chi connectivity index (χ0v) is 10.1. The molecule has 3 amide bonds. The molecule has 0 unspecified atom stereocenters. The average Bonchev–Trinajstić information content (AvgIpc) is 2.50. The highest BCUT2D eigenvalue weighted by Crippen LogP contribution is 2.20. The summed E-state index contributed by atoms with van der Waals surface area (Å²) < 4.78 is 0.874. The van der Waals surface area contributed by atoms with Gasteiger partial charge in [-0.2, -0.15) is 0 Å². The Labute approximate surface area is 101 Å². The van der Waals surface area contributed by atoms with Gasteiger partial charge in [0.2, 0.25) is 0 Å². The van der Waals surface area contributed by atoms with E-state index in [-0.39, 0.29) is 5.91 Å². The molecule has 82 valence electrons. The summed E-state index contributed by atoms with van der Waals surface area (Å²) in [6.07, 6.45) is 1.65. The van der Waals surface area contributed by atoms with Crippen LogP contribution in [-0.2, 0) is 4.79 Å². The number of nitrogens with zero attached hydrogens (tertiary/aromatic N) is 1. The fraction of sp³-hybridized carbons (Fsp3) is 0.0909. The Balaban J connectivity index is 2.37. The molecule has 0 aromatic heterocycles. The number of carbonyl (C=O) groups is 2. The molecule has 0 spiro atoms. The molecule has 1 N–H and O–H groups in total. The smallest absolute Gasteiger partial charge is 0.303 e. The van der Waals surface area contributed by atoms with Crippen LogP contribution in [0, 0.1) is 0 Å². The van der Waals surface area contributed by atoms with Crippen molar-refractivity contribution >= 4 is 33.9 Å². The molecule has 0 atom stereocenters. The van der Waals surface area contributed by atoms with Crippen LogP contribution in [-0.4, -0.2) is 23.9 Å². The third kappa shape index (κ3) is 1.86. The highest BCUT2D eigenvalue weighted by atomic mass is 79.9. The number of amides is 3. The topological polar surface area (TPSA) is 49.4 Å². The van der Waals surface area contributed by atoms with Gasteiger partial charge in [-0.1, -0.05) is 34.1 Å². The van der Waals surface area contributed by atoms with Crippen molar-refractivity contribution in [1.82, 2.24) is 10.2 Å². The van der Waals surface area contributed by atoms with Crippen molar-refractivity contribution in [2.45, 2.75) is 0 Å². The first-order valence-corrected chi connectivity index (χ1v) is 5.44. The number of likely N-dealkylation sites (N-methyl/N-ethyl adjacent to an activating group) is 1. The summed E-state index contributed by atoms with van der Waals surface area (Å²) >= 11 is 3.37. The van der Waals surface area contributed by atoms with Crippen LogP contribution in [0.5, 0.6) is 0 Å². The van der Waals surface area contributed by atoms with Gasteiger partial charge >= 0.3 is 6.03 Å². The lowest BCUT2D eigenvalue weighted by molar-refractivity contribution is -0.121. The molecule has 0 aliphatic carbocycles. The molecule has 1 aromatic carbocycles. The molecule has 1 heterocycles. The quantitative estimate of drug-likeness (QED) is 0.632. The van der Waals surface area contributed by atoms with Crippen LogP contribution in [0.4, 0.5) is 4.79 Å².